The van der Waals surface area contributed by atoms with Gasteiger partial charge in [0.1, 0.15) is 0 Å². The van der Waals surface area contributed by atoms with Crippen LogP contribution in [0.3, 0.4) is 0 Å². The van der Waals surface area contributed by atoms with E-state index in [0.29, 0.717) is 23.7 Å². The molecule has 0 radical (unpaired) electrons. The Morgan fingerprint density at radius 2 is 2.04 bits per heavy atom. The van der Waals surface area contributed by atoms with Crippen LogP contribution in [0, 0.1) is 27.2 Å². The zero-order valence-electron chi connectivity index (χ0n) is 13.1. The first kappa shape index (κ1) is 17.7. The summed E-state index contributed by atoms with van der Waals surface area (Å²) in [5.41, 5.74) is 0.541. The van der Waals surface area contributed by atoms with Gasteiger partial charge in [-0.25, -0.2) is 4.98 Å². The number of nitrogens with zero attached hydrogens (tertiary/aromatic N) is 3. The van der Waals surface area contributed by atoms with E-state index >= 15 is 0 Å². The van der Waals surface area contributed by atoms with Crippen LogP contribution in [0.15, 0.2) is 23.2 Å². The first-order valence-corrected chi connectivity index (χ1v) is 8.14. The van der Waals surface area contributed by atoms with Crippen molar-refractivity contribution < 1.29 is 14.6 Å². The minimum absolute atomic E-state index is 0.116. The Morgan fingerprint density at radius 3 is 2.67 bits per heavy atom. The number of benzene rings is 1. The molecule has 24 heavy (non-hydrogen) atoms. The Morgan fingerprint density at radius 1 is 1.29 bits per heavy atom. The predicted octanol–water partition coefficient (Wildman–Crippen LogP) is 3.62. The Labute approximate surface area is 141 Å². The molecular weight excluding hydrogens is 336 g/mol. The van der Waals surface area contributed by atoms with Crippen molar-refractivity contribution >= 4 is 23.3 Å². The number of aromatic nitrogens is 2. The van der Waals surface area contributed by atoms with Crippen LogP contribution in [0.1, 0.15) is 24.7 Å². The molecule has 0 bridgehead atoms. The lowest BCUT2D eigenvalue weighted by Gasteiger charge is -2.07. The molecule has 128 valence electrons. The Hall–Kier alpha value is -2.62. The Bertz CT molecular complexity index is 762. The second kappa shape index (κ2) is 7.77. The SMILES string of the molecule is CCCOc1ccc(CSc2nc(C)[nH]c2[N+](=O)[O-])cc1[N+](=O)[O-]. The third-order valence-electron chi connectivity index (χ3n) is 3.01. The maximum absolute atomic E-state index is 11.2. The van der Waals surface area contributed by atoms with Crippen LogP contribution in [-0.2, 0) is 5.75 Å². The fraction of sp³-hybridized carbons (Fsp3) is 0.357. The fourth-order valence-corrected chi connectivity index (χ4v) is 2.91. The van der Waals surface area contributed by atoms with Gasteiger partial charge in [-0.2, -0.15) is 4.98 Å². The molecule has 2 rings (SSSR count). The minimum atomic E-state index is -0.535. The van der Waals surface area contributed by atoms with Crippen LogP contribution >= 0.6 is 11.8 Å². The van der Waals surface area contributed by atoms with E-state index in [9.17, 15) is 20.2 Å². The summed E-state index contributed by atoms with van der Waals surface area (Å²) in [7, 11) is 0. The molecular formula is C14H16N4O5S. The average Bonchev–Trinajstić information content (AvgIpc) is 2.92. The first-order valence-electron chi connectivity index (χ1n) is 7.16. The fourth-order valence-electron chi connectivity index (χ4n) is 1.96. The van der Waals surface area contributed by atoms with Crippen molar-refractivity contribution in [3.05, 3.63) is 49.8 Å². The molecule has 0 aliphatic rings. The van der Waals surface area contributed by atoms with Gasteiger partial charge in [0.25, 0.3) is 0 Å². The van der Waals surface area contributed by atoms with Gasteiger partial charge in [-0.3, -0.25) is 10.1 Å². The quantitative estimate of drug-likeness (QED) is 0.437. The molecule has 1 aromatic heterocycles. The molecule has 0 unspecified atom stereocenters. The van der Waals surface area contributed by atoms with E-state index in [2.05, 4.69) is 9.97 Å². The van der Waals surface area contributed by atoms with Crippen LogP contribution in [0.5, 0.6) is 5.75 Å². The molecule has 0 atom stereocenters. The van der Waals surface area contributed by atoms with Crippen LogP contribution in [0.2, 0.25) is 0 Å². The molecule has 1 N–H and O–H groups in total. The van der Waals surface area contributed by atoms with Crippen LogP contribution in [0.25, 0.3) is 0 Å². The summed E-state index contributed by atoms with van der Waals surface area (Å²) in [6, 6.07) is 4.67. The third kappa shape index (κ3) is 4.22. The van der Waals surface area contributed by atoms with Gasteiger partial charge in [0, 0.05) is 18.7 Å². The lowest BCUT2D eigenvalue weighted by molar-refractivity contribution is -0.392. The highest BCUT2D eigenvalue weighted by Gasteiger charge is 2.20. The highest BCUT2D eigenvalue weighted by Crippen LogP contribution is 2.33. The molecule has 10 heteroatoms. The standard InChI is InChI=1S/C14H16N4O5S/c1-3-6-23-12-5-4-10(7-11(12)17(19)20)8-24-14-13(18(21)22)15-9(2)16-14/h4-5,7H,3,6,8H2,1-2H3,(H,15,16). The molecule has 1 aromatic carbocycles. The molecule has 0 fully saturated rings. The monoisotopic (exact) mass is 352 g/mol. The van der Waals surface area contributed by atoms with E-state index in [1.54, 1.807) is 19.1 Å². The van der Waals surface area contributed by atoms with Gasteiger partial charge in [0.05, 0.1) is 11.5 Å². The molecule has 0 saturated heterocycles. The Balaban J connectivity index is 2.17. The van der Waals surface area contributed by atoms with Crippen molar-refractivity contribution in [1.82, 2.24) is 9.97 Å². The summed E-state index contributed by atoms with van der Waals surface area (Å²) in [5, 5.41) is 22.4. The lowest BCUT2D eigenvalue weighted by Crippen LogP contribution is -2.00. The number of ether oxygens (including phenoxy) is 1. The molecule has 0 saturated carbocycles. The maximum Gasteiger partial charge on any atom is 0.354 e. The zero-order chi connectivity index (χ0) is 17.7. The molecule has 0 aliphatic carbocycles. The normalized spacial score (nSPS) is 10.6. The van der Waals surface area contributed by atoms with E-state index in [0.717, 1.165) is 18.2 Å². The van der Waals surface area contributed by atoms with E-state index in [1.165, 1.54) is 6.07 Å². The average molecular weight is 352 g/mol. The largest absolute Gasteiger partial charge is 0.487 e. The summed E-state index contributed by atoms with van der Waals surface area (Å²) in [4.78, 5) is 27.7. The number of hydrogen-bond acceptors (Lipinski definition) is 7. The van der Waals surface area contributed by atoms with Gasteiger partial charge in [0.15, 0.2) is 16.6 Å². The van der Waals surface area contributed by atoms with Crippen molar-refractivity contribution in [2.75, 3.05) is 6.61 Å². The van der Waals surface area contributed by atoms with Crippen LogP contribution < -0.4 is 4.74 Å². The van der Waals surface area contributed by atoms with Gasteiger partial charge in [0.2, 0.25) is 0 Å². The second-order valence-electron chi connectivity index (χ2n) is 4.93. The second-order valence-corrected chi connectivity index (χ2v) is 5.89. The van der Waals surface area contributed by atoms with Gasteiger partial charge < -0.3 is 14.9 Å². The van der Waals surface area contributed by atoms with Crippen LogP contribution in [-0.4, -0.2) is 26.4 Å². The molecule has 1 heterocycles. The summed E-state index contributed by atoms with van der Waals surface area (Å²) in [6.07, 6.45) is 0.747. The summed E-state index contributed by atoms with van der Waals surface area (Å²) >= 11 is 1.15. The Kier molecular flexibility index (Phi) is 5.74. The number of nitro benzene ring substituents is 1. The van der Waals surface area contributed by atoms with Crippen molar-refractivity contribution in [3.63, 3.8) is 0 Å². The highest BCUT2D eigenvalue weighted by molar-refractivity contribution is 7.98. The molecule has 9 nitrogen and oxygen atoms in total. The molecule has 0 amide bonds. The van der Waals surface area contributed by atoms with Crippen molar-refractivity contribution in [3.8, 4) is 5.75 Å². The van der Waals surface area contributed by atoms with E-state index < -0.39 is 9.85 Å². The molecule has 0 aliphatic heterocycles. The number of aryl methyl sites for hydroxylation is 1. The number of nitro groups is 2. The topological polar surface area (TPSA) is 124 Å². The van der Waals surface area contributed by atoms with Gasteiger partial charge in [-0.1, -0.05) is 24.8 Å². The number of thioether (sulfide) groups is 1. The lowest BCUT2D eigenvalue weighted by atomic mass is 10.2. The van der Waals surface area contributed by atoms with Gasteiger partial charge >= 0.3 is 11.5 Å². The van der Waals surface area contributed by atoms with E-state index in [4.69, 9.17) is 4.74 Å². The smallest absolute Gasteiger partial charge is 0.354 e. The van der Waals surface area contributed by atoms with E-state index in [-0.39, 0.29) is 22.3 Å². The molecule has 2 aromatic rings. The van der Waals surface area contributed by atoms with Gasteiger partial charge in [-0.05, 0) is 23.0 Å². The zero-order valence-corrected chi connectivity index (χ0v) is 14.0. The predicted molar refractivity (Wildman–Crippen MR) is 88.4 cm³/mol. The maximum atomic E-state index is 11.2. The number of rotatable bonds is 8. The number of imidazole rings is 1. The summed E-state index contributed by atoms with van der Waals surface area (Å²) in [6.45, 7) is 3.94. The minimum Gasteiger partial charge on any atom is -0.487 e. The number of nitrogens with one attached hydrogen (secondary N) is 1. The number of H-pyrrole nitrogens is 1. The highest BCUT2D eigenvalue weighted by atomic mass is 32.2. The number of aromatic amines is 1. The molecule has 0 spiro atoms. The number of hydrogen-bond donors (Lipinski definition) is 1. The van der Waals surface area contributed by atoms with Crippen LogP contribution in [0.4, 0.5) is 11.5 Å². The van der Waals surface area contributed by atoms with Crippen molar-refractivity contribution in [2.24, 2.45) is 0 Å². The summed E-state index contributed by atoms with van der Waals surface area (Å²) < 4.78 is 5.36. The summed E-state index contributed by atoms with van der Waals surface area (Å²) in [5.74, 6) is 0.811. The van der Waals surface area contributed by atoms with Crippen molar-refractivity contribution in [1.29, 1.82) is 0 Å². The van der Waals surface area contributed by atoms with E-state index in [1.807, 2.05) is 6.92 Å². The van der Waals surface area contributed by atoms with Crippen molar-refractivity contribution in [2.45, 2.75) is 31.0 Å². The first-order chi connectivity index (χ1) is 11.4. The van der Waals surface area contributed by atoms with Gasteiger partial charge in [-0.15, -0.1) is 0 Å². The third-order valence-corrected chi connectivity index (χ3v) is 4.05.